The van der Waals surface area contributed by atoms with E-state index in [4.69, 9.17) is 16.3 Å². The minimum absolute atomic E-state index is 0.0463. The Morgan fingerprint density at radius 1 is 1.03 bits per heavy atom. The van der Waals surface area contributed by atoms with Crippen molar-refractivity contribution in [2.24, 2.45) is 0 Å². The van der Waals surface area contributed by atoms with Crippen LogP contribution in [-0.4, -0.2) is 35.9 Å². The second-order valence-corrected chi connectivity index (χ2v) is 8.97. The van der Waals surface area contributed by atoms with Crippen molar-refractivity contribution in [3.05, 3.63) is 64.7 Å². The highest BCUT2D eigenvalue weighted by molar-refractivity contribution is 6.30. The molecule has 5 nitrogen and oxygen atoms in total. The third kappa shape index (κ3) is 7.28. The summed E-state index contributed by atoms with van der Waals surface area (Å²) in [6.07, 6.45) is 0.505. The number of nitrogens with one attached hydrogen (secondary N) is 1. The Kier molecular flexibility index (Phi) is 8.93. The Morgan fingerprint density at radius 3 is 2.16 bits per heavy atom. The van der Waals surface area contributed by atoms with Crippen molar-refractivity contribution < 1.29 is 14.3 Å². The van der Waals surface area contributed by atoms with Crippen LogP contribution in [0.5, 0.6) is 5.75 Å². The van der Waals surface area contributed by atoms with Crippen LogP contribution in [-0.2, 0) is 21.5 Å². The minimum Gasteiger partial charge on any atom is -0.484 e. The molecule has 1 atom stereocenters. The third-order valence-electron chi connectivity index (χ3n) is 5.09. The van der Waals surface area contributed by atoms with Gasteiger partial charge in [-0.25, -0.2) is 0 Å². The molecular weight excluding hydrogens is 412 g/mol. The molecule has 0 unspecified atom stereocenters. The monoisotopic (exact) mass is 444 g/mol. The Morgan fingerprint density at radius 2 is 1.65 bits per heavy atom. The fraction of sp³-hybridized carbons (Fsp3) is 0.440. The number of carbonyl (C=O) groups is 2. The highest BCUT2D eigenvalue weighted by Crippen LogP contribution is 2.24. The van der Waals surface area contributed by atoms with Gasteiger partial charge in [-0.1, -0.05) is 63.6 Å². The maximum absolute atomic E-state index is 13.1. The highest BCUT2D eigenvalue weighted by Gasteiger charge is 2.28. The SMILES string of the molecule is CCNC(=O)[C@H](CC)N(Cc1ccc(Cl)cc1)C(=O)COc1ccc(C(C)(C)C)cc1. The van der Waals surface area contributed by atoms with Crippen LogP contribution in [0.3, 0.4) is 0 Å². The number of hydrogen-bond acceptors (Lipinski definition) is 3. The third-order valence-corrected chi connectivity index (χ3v) is 5.34. The average Bonchev–Trinajstić information content (AvgIpc) is 2.73. The number of likely N-dealkylation sites (N-methyl/N-ethyl adjacent to an activating group) is 1. The van der Waals surface area contributed by atoms with Crippen molar-refractivity contribution in [3.63, 3.8) is 0 Å². The standard InChI is InChI=1S/C25H33ClN2O3/c1-6-22(24(30)27-7-2)28(16-18-8-12-20(26)13-9-18)23(29)17-31-21-14-10-19(11-15-21)25(3,4)5/h8-15,22H,6-7,16-17H2,1-5H3,(H,27,30)/t22-/m0/s1. The summed E-state index contributed by atoms with van der Waals surface area (Å²) in [5, 5.41) is 3.45. The smallest absolute Gasteiger partial charge is 0.261 e. The molecule has 2 aromatic carbocycles. The summed E-state index contributed by atoms with van der Waals surface area (Å²) in [6, 6.07) is 14.5. The molecule has 0 aliphatic heterocycles. The molecular formula is C25H33ClN2O3. The maximum Gasteiger partial charge on any atom is 0.261 e. The topological polar surface area (TPSA) is 58.6 Å². The largest absolute Gasteiger partial charge is 0.484 e. The molecule has 1 N–H and O–H groups in total. The van der Waals surface area contributed by atoms with Crippen LogP contribution in [0.25, 0.3) is 0 Å². The molecule has 2 amide bonds. The lowest BCUT2D eigenvalue weighted by molar-refractivity contribution is -0.142. The molecule has 2 rings (SSSR count). The first-order valence-corrected chi connectivity index (χ1v) is 11.1. The molecule has 31 heavy (non-hydrogen) atoms. The van der Waals surface area contributed by atoms with E-state index in [1.807, 2.05) is 50.2 Å². The van der Waals surface area contributed by atoms with E-state index < -0.39 is 6.04 Å². The van der Waals surface area contributed by atoms with Crippen molar-refractivity contribution in [2.75, 3.05) is 13.2 Å². The summed E-state index contributed by atoms with van der Waals surface area (Å²) >= 11 is 5.98. The van der Waals surface area contributed by atoms with Crippen molar-refractivity contribution >= 4 is 23.4 Å². The van der Waals surface area contributed by atoms with Gasteiger partial charge in [0.15, 0.2) is 6.61 Å². The zero-order valence-corrected chi connectivity index (χ0v) is 19.8. The van der Waals surface area contributed by atoms with Gasteiger partial charge in [0.05, 0.1) is 0 Å². The summed E-state index contributed by atoms with van der Waals surface area (Å²) in [4.78, 5) is 27.3. The lowest BCUT2D eigenvalue weighted by Gasteiger charge is -2.30. The van der Waals surface area contributed by atoms with Gasteiger partial charge in [0.1, 0.15) is 11.8 Å². The number of hydrogen-bond donors (Lipinski definition) is 1. The number of nitrogens with zero attached hydrogens (tertiary/aromatic N) is 1. The van der Waals surface area contributed by atoms with E-state index in [0.717, 1.165) is 5.56 Å². The van der Waals surface area contributed by atoms with Crippen LogP contribution >= 0.6 is 11.6 Å². The van der Waals surface area contributed by atoms with E-state index in [1.54, 1.807) is 17.0 Å². The van der Waals surface area contributed by atoms with E-state index in [2.05, 4.69) is 26.1 Å². The zero-order valence-electron chi connectivity index (χ0n) is 19.1. The van der Waals surface area contributed by atoms with Gasteiger partial charge in [-0.15, -0.1) is 0 Å². The lowest BCUT2D eigenvalue weighted by Crippen LogP contribution is -2.50. The zero-order chi connectivity index (χ0) is 23.0. The first-order chi connectivity index (χ1) is 14.7. The van der Waals surface area contributed by atoms with E-state index in [0.29, 0.717) is 30.3 Å². The fourth-order valence-corrected chi connectivity index (χ4v) is 3.40. The maximum atomic E-state index is 13.1. The molecule has 0 bridgehead atoms. The molecule has 0 heterocycles. The summed E-state index contributed by atoms with van der Waals surface area (Å²) in [6.45, 7) is 10.9. The number of amides is 2. The quantitative estimate of drug-likeness (QED) is 0.594. The van der Waals surface area contributed by atoms with Crippen molar-refractivity contribution in [2.45, 2.75) is 59.0 Å². The molecule has 0 aliphatic rings. The highest BCUT2D eigenvalue weighted by atomic mass is 35.5. The van der Waals surface area contributed by atoms with Crippen LogP contribution in [0.4, 0.5) is 0 Å². The van der Waals surface area contributed by atoms with Crippen LogP contribution in [0, 0.1) is 0 Å². The van der Waals surface area contributed by atoms with Gasteiger partial charge in [0.25, 0.3) is 5.91 Å². The van der Waals surface area contributed by atoms with E-state index in [9.17, 15) is 9.59 Å². The first-order valence-electron chi connectivity index (χ1n) is 10.7. The van der Waals surface area contributed by atoms with Crippen LogP contribution in [0.15, 0.2) is 48.5 Å². The van der Waals surface area contributed by atoms with Crippen molar-refractivity contribution in [3.8, 4) is 5.75 Å². The second-order valence-electron chi connectivity index (χ2n) is 8.53. The minimum atomic E-state index is -0.574. The number of ether oxygens (including phenoxy) is 1. The van der Waals surface area contributed by atoms with Gasteiger partial charge in [-0.3, -0.25) is 9.59 Å². The number of halogens is 1. The number of rotatable bonds is 9. The predicted octanol–water partition coefficient (Wildman–Crippen LogP) is 4.96. The summed E-state index contributed by atoms with van der Waals surface area (Å²) in [7, 11) is 0. The Labute approximate surface area is 190 Å². The van der Waals surface area contributed by atoms with Crippen LogP contribution in [0.2, 0.25) is 5.02 Å². The first kappa shape index (κ1) is 24.7. The molecule has 0 saturated heterocycles. The molecule has 6 heteroatoms. The van der Waals surface area contributed by atoms with Gasteiger partial charge in [-0.05, 0) is 54.2 Å². The van der Waals surface area contributed by atoms with Gasteiger partial charge >= 0.3 is 0 Å². The molecule has 0 aliphatic carbocycles. The molecule has 168 valence electrons. The van der Waals surface area contributed by atoms with Gasteiger partial charge in [-0.2, -0.15) is 0 Å². The molecule has 0 radical (unpaired) electrons. The Bertz CT molecular complexity index is 858. The van der Waals surface area contributed by atoms with Crippen molar-refractivity contribution in [1.82, 2.24) is 10.2 Å². The fourth-order valence-electron chi connectivity index (χ4n) is 3.28. The predicted molar refractivity (Wildman–Crippen MR) is 125 cm³/mol. The van der Waals surface area contributed by atoms with Gasteiger partial charge in [0.2, 0.25) is 5.91 Å². The second kappa shape index (κ2) is 11.2. The number of carbonyl (C=O) groups excluding carboxylic acids is 2. The van der Waals surface area contributed by atoms with E-state index in [1.165, 1.54) is 5.56 Å². The van der Waals surface area contributed by atoms with Crippen LogP contribution < -0.4 is 10.1 Å². The molecule has 0 saturated carbocycles. The molecule has 0 aromatic heterocycles. The Balaban J connectivity index is 2.16. The molecule has 0 spiro atoms. The number of benzene rings is 2. The van der Waals surface area contributed by atoms with E-state index >= 15 is 0 Å². The van der Waals surface area contributed by atoms with Gasteiger partial charge in [0, 0.05) is 18.1 Å². The molecule has 2 aromatic rings. The Hall–Kier alpha value is -2.53. The normalized spacial score (nSPS) is 12.2. The van der Waals surface area contributed by atoms with E-state index in [-0.39, 0.29) is 23.8 Å². The van der Waals surface area contributed by atoms with Crippen LogP contribution in [0.1, 0.15) is 52.2 Å². The summed E-state index contributed by atoms with van der Waals surface area (Å²) in [5.74, 6) is 0.216. The van der Waals surface area contributed by atoms with Gasteiger partial charge < -0.3 is 15.0 Å². The summed E-state index contributed by atoms with van der Waals surface area (Å²) in [5.41, 5.74) is 2.14. The van der Waals surface area contributed by atoms with Crippen molar-refractivity contribution in [1.29, 1.82) is 0 Å². The average molecular weight is 445 g/mol. The molecule has 0 fully saturated rings. The lowest BCUT2D eigenvalue weighted by atomic mass is 9.87. The summed E-state index contributed by atoms with van der Waals surface area (Å²) < 4.78 is 5.76.